The van der Waals surface area contributed by atoms with Crippen LogP contribution in [0.15, 0.2) is 0 Å². The number of carbonyl (C=O) groups excluding carboxylic acids is 1. The predicted molar refractivity (Wildman–Crippen MR) is 136 cm³/mol. The van der Waals surface area contributed by atoms with Crippen LogP contribution >= 0.6 is 11.3 Å². The van der Waals surface area contributed by atoms with Crippen molar-refractivity contribution in [2.75, 3.05) is 44.2 Å². The highest BCUT2D eigenvalue weighted by molar-refractivity contribution is 7.18. The second-order valence-electron chi connectivity index (χ2n) is 10.5. The third-order valence-electron chi connectivity index (χ3n) is 8.11. The summed E-state index contributed by atoms with van der Waals surface area (Å²) in [6.45, 7) is 13.4. The Labute approximate surface area is 202 Å². The van der Waals surface area contributed by atoms with E-state index in [4.69, 9.17) is 9.97 Å². The second kappa shape index (κ2) is 9.87. The number of amides is 1. The number of likely N-dealkylation sites (tertiary alicyclic amines) is 1. The van der Waals surface area contributed by atoms with E-state index in [0.29, 0.717) is 5.91 Å². The van der Waals surface area contributed by atoms with Crippen molar-refractivity contribution in [2.24, 2.45) is 11.8 Å². The van der Waals surface area contributed by atoms with Crippen LogP contribution in [-0.4, -0.2) is 64.9 Å². The molecule has 2 saturated heterocycles. The molecule has 2 aromatic heterocycles. The summed E-state index contributed by atoms with van der Waals surface area (Å²) in [6.07, 6.45) is 8.13. The van der Waals surface area contributed by atoms with Gasteiger partial charge in [-0.25, -0.2) is 9.97 Å². The fourth-order valence-electron chi connectivity index (χ4n) is 5.77. The van der Waals surface area contributed by atoms with E-state index in [2.05, 4.69) is 35.5 Å². The Bertz CT molecular complexity index is 990. The van der Waals surface area contributed by atoms with E-state index in [9.17, 15) is 4.79 Å². The Morgan fingerprint density at radius 2 is 1.70 bits per heavy atom. The number of rotatable bonds is 4. The monoisotopic (exact) mass is 469 g/mol. The summed E-state index contributed by atoms with van der Waals surface area (Å²) in [5.41, 5.74) is 1.31. The molecule has 1 saturated carbocycles. The molecule has 4 heterocycles. The van der Waals surface area contributed by atoms with E-state index in [-0.39, 0.29) is 5.92 Å². The molecule has 0 unspecified atom stereocenters. The molecule has 5 rings (SSSR count). The molecule has 180 valence electrons. The largest absolute Gasteiger partial charge is 0.354 e. The van der Waals surface area contributed by atoms with Crippen molar-refractivity contribution in [1.29, 1.82) is 0 Å². The lowest BCUT2D eigenvalue weighted by molar-refractivity contribution is -0.135. The number of thiophene rings is 1. The lowest BCUT2D eigenvalue weighted by atomic mass is 9.99. The molecule has 1 amide bonds. The maximum absolute atomic E-state index is 13.0. The van der Waals surface area contributed by atoms with Gasteiger partial charge < -0.3 is 9.80 Å². The van der Waals surface area contributed by atoms with Crippen molar-refractivity contribution in [1.82, 2.24) is 19.8 Å². The molecule has 3 aliphatic rings. The molecule has 2 aliphatic heterocycles. The first kappa shape index (κ1) is 23.0. The number of nitrogens with zero attached hydrogens (tertiary/aromatic N) is 5. The van der Waals surface area contributed by atoms with Crippen LogP contribution in [-0.2, 0) is 11.3 Å². The Morgan fingerprint density at radius 1 is 0.939 bits per heavy atom. The average molecular weight is 470 g/mol. The summed E-state index contributed by atoms with van der Waals surface area (Å²) in [7, 11) is 0. The molecule has 0 aromatic carbocycles. The van der Waals surface area contributed by atoms with Crippen molar-refractivity contribution in [3.63, 3.8) is 0 Å². The molecule has 33 heavy (non-hydrogen) atoms. The number of piperidine rings is 1. The molecule has 0 radical (unpaired) electrons. The Hall–Kier alpha value is -1.73. The van der Waals surface area contributed by atoms with Crippen molar-refractivity contribution < 1.29 is 4.79 Å². The van der Waals surface area contributed by atoms with Crippen molar-refractivity contribution >= 4 is 33.3 Å². The minimum Gasteiger partial charge on any atom is -0.354 e. The van der Waals surface area contributed by atoms with Crippen molar-refractivity contribution in [3.05, 3.63) is 16.3 Å². The minimum absolute atomic E-state index is 0.267. The van der Waals surface area contributed by atoms with E-state index < -0.39 is 0 Å². The molecule has 3 fully saturated rings. The zero-order chi connectivity index (χ0) is 22.9. The van der Waals surface area contributed by atoms with Gasteiger partial charge >= 0.3 is 0 Å². The molecule has 0 atom stereocenters. The minimum atomic E-state index is 0.267. The van der Waals surface area contributed by atoms with Crippen molar-refractivity contribution in [3.8, 4) is 0 Å². The van der Waals surface area contributed by atoms with E-state index in [1.807, 2.05) is 0 Å². The summed E-state index contributed by atoms with van der Waals surface area (Å²) < 4.78 is 0. The third-order valence-corrected chi connectivity index (χ3v) is 9.21. The Kier molecular flexibility index (Phi) is 6.89. The average Bonchev–Trinajstić information content (AvgIpc) is 3.36. The van der Waals surface area contributed by atoms with E-state index >= 15 is 0 Å². The SMILES string of the molecule is Cc1sc2nc(CN3CCC(C)CC3)nc(N3CCCN(C(=O)C4CCCC4)CC3)c2c1C. The Balaban J connectivity index is 1.38. The smallest absolute Gasteiger partial charge is 0.225 e. The topological polar surface area (TPSA) is 52.6 Å². The highest BCUT2D eigenvalue weighted by Gasteiger charge is 2.29. The fourth-order valence-corrected chi connectivity index (χ4v) is 6.81. The van der Waals surface area contributed by atoms with Crippen LogP contribution in [0.2, 0.25) is 0 Å². The lowest BCUT2D eigenvalue weighted by Gasteiger charge is -2.30. The number of hydrogen-bond donors (Lipinski definition) is 0. The van der Waals surface area contributed by atoms with Gasteiger partial charge in [0.1, 0.15) is 16.5 Å². The van der Waals surface area contributed by atoms with E-state index in [1.54, 1.807) is 11.3 Å². The number of aromatic nitrogens is 2. The van der Waals surface area contributed by atoms with Gasteiger partial charge in [0.05, 0.1) is 11.9 Å². The maximum atomic E-state index is 13.0. The maximum Gasteiger partial charge on any atom is 0.225 e. The first-order valence-corrected chi connectivity index (χ1v) is 13.8. The molecular formula is C26H39N5OS. The van der Waals surface area contributed by atoms with Crippen LogP contribution in [0.5, 0.6) is 0 Å². The van der Waals surface area contributed by atoms with Gasteiger partial charge in [-0.15, -0.1) is 11.3 Å². The molecule has 2 aromatic rings. The van der Waals surface area contributed by atoms with Crippen LogP contribution in [0.3, 0.4) is 0 Å². The first-order valence-electron chi connectivity index (χ1n) is 13.0. The first-order chi connectivity index (χ1) is 16.0. The van der Waals surface area contributed by atoms with Crippen LogP contribution in [0.25, 0.3) is 10.2 Å². The highest BCUT2D eigenvalue weighted by atomic mass is 32.1. The normalized spacial score (nSPS) is 21.8. The Morgan fingerprint density at radius 3 is 2.45 bits per heavy atom. The lowest BCUT2D eigenvalue weighted by Crippen LogP contribution is -2.38. The van der Waals surface area contributed by atoms with Gasteiger partial charge in [-0.3, -0.25) is 9.69 Å². The van der Waals surface area contributed by atoms with Crippen molar-refractivity contribution in [2.45, 2.75) is 72.3 Å². The zero-order valence-corrected chi connectivity index (χ0v) is 21.4. The van der Waals surface area contributed by atoms with Gasteiger partial charge in [0, 0.05) is 37.0 Å². The van der Waals surface area contributed by atoms with Crippen LogP contribution < -0.4 is 4.90 Å². The summed E-state index contributed by atoms with van der Waals surface area (Å²) in [5.74, 6) is 3.54. The van der Waals surface area contributed by atoms with Gasteiger partial charge in [-0.1, -0.05) is 19.8 Å². The molecule has 0 N–H and O–H groups in total. The molecule has 1 aliphatic carbocycles. The van der Waals surface area contributed by atoms with Gasteiger partial charge in [-0.2, -0.15) is 0 Å². The summed E-state index contributed by atoms with van der Waals surface area (Å²) >= 11 is 1.80. The van der Waals surface area contributed by atoms with Gasteiger partial charge in [0.15, 0.2) is 0 Å². The van der Waals surface area contributed by atoms with Gasteiger partial charge in [0.2, 0.25) is 5.91 Å². The number of carbonyl (C=O) groups is 1. The molecule has 6 nitrogen and oxygen atoms in total. The second-order valence-corrected chi connectivity index (χ2v) is 11.7. The number of fused-ring (bicyclic) bond motifs is 1. The summed E-state index contributed by atoms with van der Waals surface area (Å²) in [6, 6.07) is 0. The molecule has 0 bridgehead atoms. The number of aryl methyl sites for hydroxylation is 2. The molecule has 7 heteroatoms. The van der Waals surface area contributed by atoms with Gasteiger partial charge in [-0.05, 0) is 70.5 Å². The highest BCUT2D eigenvalue weighted by Crippen LogP contribution is 2.36. The van der Waals surface area contributed by atoms with Crippen LogP contribution in [0.4, 0.5) is 5.82 Å². The predicted octanol–water partition coefficient (Wildman–Crippen LogP) is 4.77. The summed E-state index contributed by atoms with van der Waals surface area (Å²) in [4.78, 5) is 32.8. The van der Waals surface area contributed by atoms with E-state index in [0.717, 1.165) is 87.5 Å². The zero-order valence-electron chi connectivity index (χ0n) is 20.6. The quantitative estimate of drug-likeness (QED) is 0.646. The standard InChI is InChI=1S/C26H39N5OS/c1-18-9-13-29(14-10-18)17-22-27-24(23-19(2)20(3)33-25(23)28-22)30-11-6-12-31(16-15-30)26(32)21-7-4-5-8-21/h18,21H,4-17H2,1-3H3. The van der Waals surface area contributed by atoms with Crippen LogP contribution in [0.1, 0.15) is 68.1 Å². The summed E-state index contributed by atoms with van der Waals surface area (Å²) in [5, 5.41) is 1.23. The number of anilines is 1. The third kappa shape index (κ3) is 4.90. The van der Waals surface area contributed by atoms with Crippen LogP contribution in [0, 0.1) is 25.7 Å². The van der Waals surface area contributed by atoms with E-state index in [1.165, 1.54) is 41.5 Å². The fraction of sp³-hybridized carbons (Fsp3) is 0.731. The molecular weight excluding hydrogens is 430 g/mol. The number of hydrogen-bond acceptors (Lipinski definition) is 6. The molecule has 0 spiro atoms. The van der Waals surface area contributed by atoms with Gasteiger partial charge in [0.25, 0.3) is 0 Å².